The Morgan fingerprint density at radius 2 is 1.42 bits per heavy atom. The van der Waals surface area contributed by atoms with E-state index >= 15 is 0 Å². The highest BCUT2D eigenvalue weighted by atomic mass is 31.1. The summed E-state index contributed by atoms with van der Waals surface area (Å²) in [4.78, 5) is 0. The second-order valence-electron chi connectivity index (χ2n) is 8.86. The van der Waals surface area contributed by atoms with Crippen LogP contribution in [0.4, 0.5) is 0 Å². The van der Waals surface area contributed by atoms with Gasteiger partial charge in [0.05, 0.1) is 0 Å². The molecule has 0 fully saturated rings. The lowest BCUT2D eigenvalue weighted by atomic mass is 9.80. The van der Waals surface area contributed by atoms with Gasteiger partial charge in [-0.25, -0.2) is 0 Å². The molecule has 156 valence electrons. The summed E-state index contributed by atoms with van der Waals surface area (Å²) in [5.74, 6) is 1.69. The highest BCUT2D eigenvalue weighted by molar-refractivity contribution is 7.42. The Bertz CT molecular complexity index is 381. The van der Waals surface area contributed by atoms with Crippen molar-refractivity contribution in [1.82, 2.24) is 0 Å². The zero-order valence-electron chi connectivity index (χ0n) is 20.1. The van der Waals surface area contributed by atoms with Gasteiger partial charge in [0, 0.05) is 0 Å². The first-order valence-electron chi connectivity index (χ1n) is 10.8. The highest BCUT2D eigenvalue weighted by Gasteiger charge is 2.31. The third-order valence-electron chi connectivity index (χ3n) is 5.07. The molecule has 2 rings (SSSR count). The van der Waals surface area contributed by atoms with E-state index in [0.29, 0.717) is 10.8 Å². The van der Waals surface area contributed by atoms with Gasteiger partial charge in [-0.15, -0.1) is 8.58 Å². The van der Waals surface area contributed by atoms with E-state index in [1.807, 2.05) is 27.7 Å². The smallest absolute Gasteiger partial charge is 0.0112 e. The summed E-state index contributed by atoms with van der Waals surface area (Å²) in [6.45, 7) is 26.7. The fraction of sp³-hybridized carbons (Fsp3) is 0.833. The van der Waals surface area contributed by atoms with Crippen molar-refractivity contribution in [3.8, 4) is 0 Å². The van der Waals surface area contributed by atoms with Crippen LogP contribution in [0.1, 0.15) is 88.5 Å². The standard InChI is InChI=1S/2C10H19P.2C2H6/c2*1-10(2,3)8-6-5-7-9(8)11-4;2*1-2/h7-8,11H,5-6H2,1-4H3;5-6,8-9,11H,7H2,1-4H3;2*1-2H3/t8-;8-,9?;;/m10../s1. The summed E-state index contributed by atoms with van der Waals surface area (Å²) < 4.78 is 0. The highest BCUT2D eigenvalue weighted by Crippen LogP contribution is 2.46. The van der Waals surface area contributed by atoms with Crippen molar-refractivity contribution < 1.29 is 0 Å². The van der Waals surface area contributed by atoms with Crippen LogP contribution in [0.2, 0.25) is 0 Å². The number of hydrogen-bond acceptors (Lipinski definition) is 0. The van der Waals surface area contributed by atoms with Gasteiger partial charge in [-0.3, -0.25) is 0 Å². The Labute approximate surface area is 171 Å². The van der Waals surface area contributed by atoms with E-state index in [9.17, 15) is 0 Å². The number of rotatable bonds is 2. The summed E-state index contributed by atoms with van der Waals surface area (Å²) >= 11 is 0. The molecule has 3 unspecified atom stereocenters. The first-order chi connectivity index (χ1) is 12.1. The van der Waals surface area contributed by atoms with E-state index in [4.69, 9.17) is 0 Å². The average Bonchev–Trinajstić information content (AvgIpc) is 3.27. The Hall–Kier alpha value is 0.340. The van der Waals surface area contributed by atoms with Crippen molar-refractivity contribution in [3.63, 3.8) is 0 Å². The number of allylic oxidation sites excluding steroid dienone is 4. The molecule has 0 bridgehead atoms. The fourth-order valence-corrected chi connectivity index (χ4v) is 6.34. The summed E-state index contributed by atoms with van der Waals surface area (Å²) in [7, 11) is 2.13. The van der Waals surface area contributed by atoms with Crippen molar-refractivity contribution in [2.24, 2.45) is 22.7 Å². The molecule has 0 radical (unpaired) electrons. The topological polar surface area (TPSA) is 0 Å². The molecule has 0 N–H and O–H groups in total. The Morgan fingerprint density at radius 3 is 1.73 bits per heavy atom. The lowest BCUT2D eigenvalue weighted by Crippen LogP contribution is -2.24. The zero-order valence-corrected chi connectivity index (χ0v) is 22.1. The molecule has 0 aromatic carbocycles. The third kappa shape index (κ3) is 10.0. The Morgan fingerprint density at radius 1 is 0.885 bits per heavy atom. The average molecular weight is 401 g/mol. The van der Waals surface area contributed by atoms with Crippen molar-refractivity contribution in [2.75, 3.05) is 13.3 Å². The maximum absolute atomic E-state index is 2.45. The van der Waals surface area contributed by atoms with Crippen LogP contribution >= 0.6 is 17.2 Å². The summed E-state index contributed by atoms with van der Waals surface area (Å²) in [5, 5.41) is 1.72. The Kier molecular flexibility index (Phi) is 15.8. The molecule has 2 heteroatoms. The van der Waals surface area contributed by atoms with E-state index in [-0.39, 0.29) is 0 Å². The molecular weight excluding hydrogens is 350 g/mol. The zero-order chi connectivity index (χ0) is 21.0. The van der Waals surface area contributed by atoms with Crippen LogP contribution in [0.5, 0.6) is 0 Å². The van der Waals surface area contributed by atoms with Crippen molar-refractivity contribution in [1.29, 1.82) is 0 Å². The van der Waals surface area contributed by atoms with Crippen LogP contribution < -0.4 is 0 Å². The van der Waals surface area contributed by atoms with Gasteiger partial charge in [-0.05, 0) is 66.2 Å². The van der Waals surface area contributed by atoms with Gasteiger partial charge < -0.3 is 0 Å². The van der Waals surface area contributed by atoms with E-state index in [1.54, 1.807) is 5.31 Å². The van der Waals surface area contributed by atoms with Gasteiger partial charge in [-0.1, -0.05) is 96.0 Å². The van der Waals surface area contributed by atoms with Crippen molar-refractivity contribution in [3.05, 3.63) is 23.5 Å². The maximum Gasteiger partial charge on any atom is -0.0112 e. The minimum atomic E-state index is 0.473. The van der Waals surface area contributed by atoms with E-state index in [0.717, 1.165) is 34.7 Å². The first-order valence-corrected chi connectivity index (χ1v) is 13.9. The fourth-order valence-electron chi connectivity index (χ4n) is 3.72. The van der Waals surface area contributed by atoms with Gasteiger partial charge in [0.15, 0.2) is 0 Å². The monoisotopic (exact) mass is 400 g/mol. The summed E-state index contributed by atoms with van der Waals surface area (Å²) in [6, 6.07) is 0. The molecule has 0 heterocycles. The molecule has 2 aliphatic carbocycles. The van der Waals surface area contributed by atoms with Crippen LogP contribution in [0.25, 0.3) is 0 Å². The largest absolute Gasteiger partial charge is 0.121 e. The minimum Gasteiger partial charge on any atom is -0.121 e. The molecule has 0 aromatic rings. The van der Waals surface area contributed by atoms with Crippen LogP contribution in [-0.4, -0.2) is 19.0 Å². The lowest BCUT2D eigenvalue weighted by Gasteiger charge is -2.31. The SMILES string of the molecule is CC.CC.CPC1=CCC[C@H]1C(C)(C)C.CPC1CC=C[C@@H]1C(C)(C)C. The van der Waals surface area contributed by atoms with Crippen LogP contribution in [-0.2, 0) is 0 Å². The predicted molar refractivity (Wildman–Crippen MR) is 132 cm³/mol. The molecular formula is C24H50P2. The quantitative estimate of drug-likeness (QED) is 0.320. The van der Waals surface area contributed by atoms with Crippen molar-refractivity contribution in [2.45, 2.75) is 94.2 Å². The normalized spacial score (nSPS) is 25.4. The van der Waals surface area contributed by atoms with E-state index in [1.165, 1.54) is 19.3 Å². The lowest BCUT2D eigenvalue weighted by molar-refractivity contribution is 0.286. The Balaban J connectivity index is 0. The molecule has 0 aromatic heterocycles. The first kappa shape index (κ1) is 28.5. The minimum absolute atomic E-state index is 0.473. The van der Waals surface area contributed by atoms with Gasteiger partial charge in [0.25, 0.3) is 0 Å². The van der Waals surface area contributed by atoms with Gasteiger partial charge >= 0.3 is 0 Å². The molecule has 0 saturated heterocycles. The van der Waals surface area contributed by atoms with Crippen molar-refractivity contribution >= 4 is 17.2 Å². The predicted octanol–water partition coefficient (Wildman–Crippen LogP) is 8.97. The summed E-state index contributed by atoms with van der Waals surface area (Å²) in [6.07, 6.45) is 11.3. The third-order valence-corrected chi connectivity index (χ3v) is 7.53. The molecule has 0 spiro atoms. The van der Waals surface area contributed by atoms with E-state index < -0.39 is 0 Å². The molecule has 0 amide bonds. The van der Waals surface area contributed by atoms with E-state index in [2.05, 4.69) is 73.1 Å². The molecule has 0 nitrogen and oxygen atoms in total. The van der Waals surface area contributed by atoms with Crippen LogP contribution in [0.15, 0.2) is 23.5 Å². The second-order valence-corrected chi connectivity index (χ2v) is 11.3. The second kappa shape index (κ2) is 14.4. The van der Waals surface area contributed by atoms with Gasteiger partial charge in [0.1, 0.15) is 0 Å². The van der Waals surface area contributed by atoms with Gasteiger partial charge in [-0.2, -0.15) is 0 Å². The number of hydrogen-bond donors (Lipinski definition) is 0. The molecule has 2 aliphatic rings. The maximum atomic E-state index is 2.45. The van der Waals surface area contributed by atoms with Gasteiger partial charge in [0.2, 0.25) is 0 Å². The molecule has 0 aliphatic heterocycles. The molecule has 0 saturated carbocycles. The van der Waals surface area contributed by atoms with Crippen LogP contribution in [0.3, 0.4) is 0 Å². The molecule has 26 heavy (non-hydrogen) atoms. The molecule has 5 atom stereocenters. The summed E-state index contributed by atoms with van der Waals surface area (Å²) in [5.41, 5.74) is 1.90. The van der Waals surface area contributed by atoms with Crippen LogP contribution in [0, 0.1) is 22.7 Å².